The minimum absolute atomic E-state index is 0.0257. The Bertz CT molecular complexity index is 673. The van der Waals surface area contributed by atoms with Crippen LogP contribution in [0.25, 0.3) is 0 Å². The number of amides is 2. The van der Waals surface area contributed by atoms with Gasteiger partial charge < -0.3 is 20.1 Å². The lowest BCUT2D eigenvalue weighted by Gasteiger charge is -2.35. The van der Waals surface area contributed by atoms with Gasteiger partial charge in [-0.1, -0.05) is 13.3 Å². The van der Waals surface area contributed by atoms with Crippen LogP contribution in [0.4, 0.5) is 0 Å². The minimum Gasteiger partial charge on any atom is -0.466 e. The Labute approximate surface area is 177 Å². The Kier molecular flexibility index (Phi) is 6.53. The van der Waals surface area contributed by atoms with E-state index in [1.807, 2.05) is 13.8 Å². The van der Waals surface area contributed by atoms with Crippen LogP contribution in [0, 0.1) is 11.8 Å². The van der Waals surface area contributed by atoms with E-state index in [1.165, 1.54) is 0 Å². The zero-order chi connectivity index (χ0) is 21.4. The first-order chi connectivity index (χ1) is 13.8. The summed E-state index contributed by atoms with van der Waals surface area (Å²) < 4.78 is 4.35. The number of nitrogens with one attached hydrogen (secondary N) is 1. The number of fused-ring (bicyclic) bond motifs is 1. The van der Waals surface area contributed by atoms with Crippen molar-refractivity contribution in [3.63, 3.8) is 0 Å². The molecule has 3 rings (SSSR count). The van der Waals surface area contributed by atoms with Crippen molar-refractivity contribution < 1.29 is 24.2 Å². The van der Waals surface area contributed by atoms with Crippen LogP contribution in [-0.4, -0.2) is 69.1 Å². The second-order valence-corrected chi connectivity index (χ2v) is 10.7. The summed E-state index contributed by atoms with van der Waals surface area (Å²) >= 11 is 1.65. The monoisotopic (exact) mass is 426 g/mol. The van der Waals surface area contributed by atoms with Crippen molar-refractivity contribution in [2.24, 2.45) is 11.8 Å². The number of carbonyl (C=O) groups is 3. The second-order valence-electron chi connectivity index (χ2n) is 8.79. The molecule has 2 N–H and O–H groups in total. The number of aliphatic hydroxyl groups is 1. The van der Waals surface area contributed by atoms with E-state index in [0.717, 1.165) is 25.7 Å². The van der Waals surface area contributed by atoms with Gasteiger partial charge in [0.1, 0.15) is 6.04 Å². The van der Waals surface area contributed by atoms with Crippen molar-refractivity contribution >= 4 is 29.5 Å². The van der Waals surface area contributed by atoms with Crippen LogP contribution in [0.3, 0.4) is 0 Å². The van der Waals surface area contributed by atoms with Gasteiger partial charge in [-0.2, -0.15) is 0 Å². The summed E-state index contributed by atoms with van der Waals surface area (Å²) in [7, 11) is 0. The van der Waals surface area contributed by atoms with Crippen LogP contribution in [0.1, 0.15) is 59.8 Å². The smallest absolute Gasteiger partial charge is 0.311 e. The molecule has 3 saturated heterocycles. The van der Waals surface area contributed by atoms with Crippen molar-refractivity contribution in [3.05, 3.63) is 0 Å². The van der Waals surface area contributed by atoms with Gasteiger partial charge in [0.05, 0.1) is 23.2 Å². The van der Waals surface area contributed by atoms with Gasteiger partial charge in [-0.15, -0.1) is 11.8 Å². The number of likely N-dealkylation sites (tertiary alicyclic amines) is 1. The summed E-state index contributed by atoms with van der Waals surface area (Å²) in [5, 5.41) is 12.4. The molecule has 7 nitrogen and oxygen atoms in total. The molecular weight excluding hydrogens is 392 g/mol. The van der Waals surface area contributed by atoms with Gasteiger partial charge >= 0.3 is 5.97 Å². The fourth-order valence-electron chi connectivity index (χ4n) is 5.62. The lowest BCUT2D eigenvalue weighted by atomic mass is 9.66. The van der Waals surface area contributed by atoms with E-state index in [0.29, 0.717) is 13.0 Å². The highest BCUT2D eigenvalue weighted by Gasteiger charge is 2.77. The molecule has 2 bridgehead atoms. The number of aliphatic hydroxyl groups excluding tert-OH is 1. The third kappa shape index (κ3) is 3.56. The number of rotatable bonds is 9. The van der Waals surface area contributed by atoms with Gasteiger partial charge in [0.2, 0.25) is 11.8 Å². The molecule has 2 amide bonds. The van der Waals surface area contributed by atoms with E-state index in [-0.39, 0.29) is 41.8 Å². The summed E-state index contributed by atoms with van der Waals surface area (Å²) in [4.78, 5) is 41.4. The molecule has 0 aliphatic carbocycles. The molecule has 8 heteroatoms. The molecule has 6 atom stereocenters. The fraction of sp³-hybridized carbons (Fsp3) is 0.857. The third-order valence-corrected chi connectivity index (χ3v) is 8.72. The predicted molar refractivity (Wildman–Crippen MR) is 111 cm³/mol. The Morgan fingerprint density at radius 2 is 2.10 bits per heavy atom. The fourth-order valence-corrected chi connectivity index (χ4v) is 7.97. The van der Waals surface area contributed by atoms with Crippen LogP contribution >= 0.6 is 11.8 Å². The lowest BCUT2D eigenvalue weighted by Crippen LogP contribution is -2.55. The molecule has 0 aromatic carbocycles. The van der Waals surface area contributed by atoms with Gasteiger partial charge in [0.15, 0.2) is 0 Å². The van der Waals surface area contributed by atoms with E-state index in [9.17, 15) is 19.5 Å². The predicted octanol–water partition coefficient (Wildman–Crippen LogP) is 1.72. The topological polar surface area (TPSA) is 95.9 Å². The van der Waals surface area contributed by atoms with Gasteiger partial charge in [0, 0.05) is 23.9 Å². The molecule has 3 aliphatic heterocycles. The van der Waals surface area contributed by atoms with Crippen LogP contribution < -0.4 is 5.32 Å². The second kappa shape index (κ2) is 8.46. The summed E-state index contributed by atoms with van der Waals surface area (Å²) in [6.07, 6.45) is 3.76. The highest BCUT2D eigenvalue weighted by Crippen LogP contribution is 2.71. The molecule has 164 valence electrons. The number of nitrogens with zero attached hydrogens (tertiary/aromatic N) is 1. The number of hydrogen-bond donors (Lipinski definition) is 2. The molecule has 0 radical (unpaired) electrons. The van der Waals surface area contributed by atoms with E-state index >= 15 is 0 Å². The molecule has 3 fully saturated rings. The van der Waals surface area contributed by atoms with Crippen molar-refractivity contribution in [2.75, 3.05) is 19.8 Å². The standard InChI is InChI=1S/C21H34N2O5S/c1-5-8-13(3)22-17(25)16-21-10-9-20(4,29-21)15(19(27)28-6-2)14(21)18(26)23(16)11-7-12-24/h13-16,24H,5-12H2,1-4H3,(H,22,25)/t13?,14-,15+,16?,20-,21?/m0/s1. The Balaban J connectivity index is 1.97. The molecule has 0 aromatic heterocycles. The number of hydrogen-bond acceptors (Lipinski definition) is 6. The quantitative estimate of drug-likeness (QED) is 0.545. The zero-order valence-corrected chi connectivity index (χ0v) is 18.7. The van der Waals surface area contributed by atoms with Crippen LogP contribution in [0.2, 0.25) is 0 Å². The minimum atomic E-state index is -0.614. The van der Waals surface area contributed by atoms with E-state index in [4.69, 9.17) is 4.74 Å². The van der Waals surface area contributed by atoms with E-state index in [1.54, 1.807) is 23.6 Å². The SMILES string of the molecule is CCCC(C)NC(=O)C1N(CCCO)C(=O)[C@@H]2[C@H](C(=O)OCC)[C@]3(C)CCC12S3. The number of ether oxygens (including phenoxy) is 1. The van der Waals surface area contributed by atoms with Crippen molar-refractivity contribution in [2.45, 2.75) is 81.4 Å². The molecule has 1 spiro atoms. The third-order valence-electron chi connectivity index (χ3n) is 6.73. The van der Waals surface area contributed by atoms with Crippen molar-refractivity contribution in [1.29, 1.82) is 0 Å². The Morgan fingerprint density at radius 3 is 2.72 bits per heavy atom. The Morgan fingerprint density at radius 1 is 1.38 bits per heavy atom. The van der Waals surface area contributed by atoms with Gasteiger partial charge in [-0.25, -0.2) is 0 Å². The van der Waals surface area contributed by atoms with Crippen molar-refractivity contribution in [3.8, 4) is 0 Å². The van der Waals surface area contributed by atoms with Crippen LogP contribution in [0.5, 0.6) is 0 Å². The van der Waals surface area contributed by atoms with Gasteiger partial charge in [-0.3, -0.25) is 14.4 Å². The number of thioether (sulfide) groups is 1. The first-order valence-corrected chi connectivity index (χ1v) is 11.7. The average molecular weight is 427 g/mol. The summed E-state index contributed by atoms with van der Waals surface area (Å²) in [6, 6.07) is -0.588. The molecule has 3 heterocycles. The molecule has 3 aliphatic rings. The molecule has 29 heavy (non-hydrogen) atoms. The maximum Gasteiger partial charge on any atom is 0.311 e. The summed E-state index contributed by atoms with van der Waals surface area (Å²) in [5.41, 5.74) is 0. The largest absolute Gasteiger partial charge is 0.466 e. The summed E-state index contributed by atoms with van der Waals surface area (Å²) in [6.45, 7) is 8.40. The first-order valence-electron chi connectivity index (χ1n) is 10.8. The molecular formula is C21H34N2O5S. The number of carbonyl (C=O) groups excluding carboxylic acids is 3. The van der Waals surface area contributed by atoms with E-state index in [2.05, 4.69) is 12.2 Å². The first kappa shape index (κ1) is 22.4. The maximum atomic E-state index is 13.5. The highest BCUT2D eigenvalue weighted by molar-refractivity contribution is 8.02. The normalized spacial score (nSPS) is 36.2. The van der Waals surface area contributed by atoms with Gasteiger partial charge in [-0.05, 0) is 46.5 Å². The van der Waals surface area contributed by atoms with Crippen LogP contribution in [0.15, 0.2) is 0 Å². The highest BCUT2D eigenvalue weighted by atomic mass is 32.2. The van der Waals surface area contributed by atoms with E-state index < -0.39 is 22.6 Å². The Hall–Kier alpha value is -1.28. The average Bonchev–Trinajstić information content (AvgIpc) is 3.21. The lowest BCUT2D eigenvalue weighted by molar-refractivity contribution is -0.155. The summed E-state index contributed by atoms with van der Waals surface area (Å²) in [5.74, 6) is -1.68. The maximum absolute atomic E-state index is 13.5. The van der Waals surface area contributed by atoms with Crippen LogP contribution in [-0.2, 0) is 19.1 Å². The zero-order valence-electron chi connectivity index (χ0n) is 17.9. The molecule has 0 aromatic rings. The molecule has 3 unspecified atom stereocenters. The number of esters is 1. The van der Waals surface area contributed by atoms with Gasteiger partial charge in [0.25, 0.3) is 0 Å². The molecule has 0 saturated carbocycles. The van der Waals surface area contributed by atoms with Crippen molar-refractivity contribution in [1.82, 2.24) is 10.2 Å².